The average Bonchev–Trinajstić information content (AvgIpc) is 2.69. The van der Waals surface area contributed by atoms with Crippen LogP contribution in [0.4, 0.5) is 0 Å². The van der Waals surface area contributed by atoms with Crippen LogP contribution in [0.5, 0.6) is 0 Å². The van der Waals surface area contributed by atoms with Crippen molar-refractivity contribution in [2.24, 2.45) is 0 Å². The van der Waals surface area contributed by atoms with Crippen LogP contribution in [0.1, 0.15) is 23.6 Å². The zero-order chi connectivity index (χ0) is 17.1. The van der Waals surface area contributed by atoms with E-state index in [-0.39, 0.29) is 0 Å². The summed E-state index contributed by atoms with van der Waals surface area (Å²) in [6.07, 6.45) is 0. The largest absolute Gasteiger partial charge is 0.0622 e. The predicted octanol–water partition coefficient (Wildman–Crippen LogP) is 6.82. The van der Waals surface area contributed by atoms with Gasteiger partial charge in [-0.25, -0.2) is 0 Å². The minimum Gasteiger partial charge on any atom is -0.0622 e. The SMILES string of the molecule is C/C(=C(/c1ccccc1)c1ccc2ccccc2c1)c1ccccc1. The van der Waals surface area contributed by atoms with Crippen molar-refractivity contribution < 1.29 is 0 Å². The third-order valence-electron chi connectivity index (χ3n) is 4.68. The molecule has 0 spiro atoms. The van der Waals surface area contributed by atoms with E-state index in [0.717, 1.165) is 0 Å². The lowest BCUT2D eigenvalue weighted by molar-refractivity contribution is 1.51. The molecule has 0 radical (unpaired) electrons. The number of fused-ring (bicyclic) bond motifs is 1. The van der Waals surface area contributed by atoms with Crippen LogP contribution in [0.3, 0.4) is 0 Å². The summed E-state index contributed by atoms with van der Waals surface area (Å²) in [5.41, 5.74) is 6.35. The van der Waals surface area contributed by atoms with Gasteiger partial charge in [-0.05, 0) is 51.6 Å². The topological polar surface area (TPSA) is 0 Å². The highest BCUT2D eigenvalue weighted by Gasteiger charge is 2.11. The lowest BCUT2D eigenvalue weighted by Crippen LogP contribution is -1.93. The fourth-order valence-electron chi connectivity index (χ4n) is 3.38. The van der Waals surface area contributed by atoms with Gasteiger partial charge in [0.2, 0.25) is 0 Å². The Balaban J connectivity index is 1.97. The normalized spacial score (nSPS) is 12.0. The molecule has 0 nitrogen and oxygen atoms in total. The number of hydrogen-bond acceptors (Lipinski definition) is 0. The fraction of sp³-hybridized carbons (Fsp3) is 0.0400. The molecule has 0 N–H and O–H groups in total. The Morgan fingerprint density at radius 1 is 0.480 bits per heavy atom. The zero-order valence-corrected chi connectivity index (χ0v) is 14.3. The third kappa shape index (κ3) is 3.12. The summed E-state index contributed by atoms with van der Waals surface area (Å²) in [7, 11) is 0. The zero-order valence-electron chi connectivity index (χ0n) is 14.3. The standard InChI is InChI=1S/C25H20/c1-19(20-10-4-2-5-11-20)25(22-13-6-3-7-14-22)24-17-16-21-12-8-9-15-23(21)18-24/h2-18H,1H3/b25-19+. The van der Waals surface area contributed by atoms with Crippen LogP contribution in [0.15, 0.2) is 103 Å². The maximum Gasteiger partial charge on any atom is -0.00760 e. The Labute approximate surface area is 149 Å². The Kier molecular flexibility index (Phi) is 4.18. The molecule has 0 atom stereocenters. The summed E-state index contributed by atoms with van der Waals surface area (Å²) in [5.74, 6) is 0. The molecule has 0 saturated carbocycles. The molecule has 0 fully saturated rings. The lowest BCUT2D eigenvalue weighted by Gasteiger charge is -2.15. The van der Waals surface area contributed by atoms with Crippen LogP contribution in [0.2, 0.25) is 0 Å². The van der Waals surface area contributed by atoms with Crippen LogP contribution >= 0.6 is 0 Å². The van der Waals surface area contributed by atoms with Crippen molar-refractivity contribution in [2.75, 3.05) is 0 Å². The first-order valence-electron chi connectivity index (χ1n) is 8.64. The number of benzene rings is 4. The number of rotatable bonds is 3. The first-order valence-corrected chi connectivity index (χ1v) is 8.64. The Bertz CT molecular complexity index is 1030. The van der Waals surface area contributed by atoms with Crippen LogP contribution in [-0.2, 0) is 0 Å². The smallest absolute Gasteiger partial charge is 0.00760 e. The van der Waals surface area contributed by atoms with Crippen molar-refractivity contribution in [1.82, 2.24) is 0 Å². The van der Waals surface area contributed by atoms with Gasteiger partial charge in [0.05, 0.1) is 0 Å². The van der Waals surface area contributed by atoms with E-state index in [1.807, 2.05) is 0 Å². The molecular formula is C25H20. The second kappa shape index (κ2) is 6.78. The van der Waals surface area contributed by atoms with Crippen molar-refractivity contribution in [2.45, 2.75) is 6.92 Å². The number of hydrogen-bond donors (Lipinski definition) is 0. The van der Waals surface area contributed by atoms with Crippen molar-refractivity contribution in [3.05, 3.63) is 120 Å². The van der Waals surface area contributed by atoms with E-state index in [2.05, 4.69) is 110 Å². The van der Waals surface area contributed by atoms with Gasteiger partial charge in [0.1, 0.15) is 0 Å². The third-order valence-corrected chi connectivity index (χ3v) is 4.68. The van der Waals surface area contributed by atoms with Crippen LogP contribution in [0.25, 0.3) is 21.9 Å². The van der Waals surface area contributed by atoms with Crippen molar-refractivity contribution in [3.63, 3.8) is 0 Å². The van der Waals surface area contributed by atoms with Gasteiger partial charge in [0.25, 0.3) is 0 Å². The Morgan fingerprint density at radius 2 is 1.04 bits per heavy atom. The molecule has 4 aromatic carbocycles. The molecule has 4 rings (SSSR count). The molecule has 25 heavy (non-hydrogen) atoms. The molecule has 120 valence electrons. The van der Waals surface area contributed by atoms with E-state index in [0.29, 0.717) is 0 Å². The summed E-state index contributed by atoms with van der Waals surface area (Å²) in [6, 6.07) is 36.6. The molecule has 0 heterocycles. The molecule has 0 bridgehead atoms. The van der Waals surface area contributed by atoms with E-state index in [9.17, 15) is 0 Å². The molecule has 0 unspecified atom stereocenters. The van der Waals surface area contributed by atoms with E-state index in [4.69, 9.17) is 0 Å². The van der Waals surface area contributed by atoms with Crippen molar-refractivity contribution in [3.8, 4) is 0 Å². The molecule has 0 aliphatic carbocycles. The first-order chi connectivity index (χ1) is 12.3. The summed E-state index contributed by atoms with van der Waals surface area (Å²) in [4.78, 5) is 0. The van der Waals surface area contributed by atoms with Gasteiger partial charge in [0.15, 0.2) is 0 Å². The average molecular weight is 320 g/mol. The molecule has 0 saturated heterocycles. The summed E-state index contributed by atoms with van der Waals surface area (Å²) in [6.45, 7) is 2.22. The molecule has 0 amide bonds. The molecule has 0 heteroatoms. The number of allylic oxidation sites excluding steroid dienone is 1. The van der Waals surface area contributed by atoms with Crippen LogP contribution < -0.4 is 0 Å². The van der Waals surface area contributed by atoms with Gasteiger partial charge in [-0.15, -0.1) is 0 Å². The van der Waals surface area contributed by atoms with E-state index < -0.39 is 0 Å². The molecule has 0 aliphatic heterocycles. The molecule has 4 aromatic rings. The van der Waals surface area contributed by atoms with Crippen molar-refractivity contribution >= 4 is 21.9 Å². The quantitative estimate of drug-likeness (QED) is 0.363. The minimum absolute atomic E-state index is 1.25. The Morgan fingerprint density at radius 3 is 1.72 bits per heavy atom. The summed E-state index contributed by atoms with van der Waals surface area (Å²) < 4.78 is 0. The molecule has 0 aromatic heterocycles. The maximum absolute atomic E-state index is 2.30. The maximum atomic E-state index is 2.30. The van der Waals surface area contributed by atoms with Gasteiger partial charge in [-0.1, -0.05) is 97.1 Å². The van der Waals surface area contributed by atoms with Gasteiger partial charge < -0.3 is 0 Å². The van der Waals surface area contributed by atoms with Crippen LogP contribution in [-0.4, -0.2) is 0 Å². The summed E-state index contributed by atoms with van der Waals surface area (Å²) in [5, 5.41) is 2.55. The predicted molar refractivity (Wildman–Crippen MR) is 108 cm³/mol. The van der Waals surface area contributed by atoms with Gasteiger partial charge in [-0.2, -0.15) is 0 Å². The first kappa shape index (κ1) is 15.4. The second-order valence-electron chi connectivity index (χ2n) is 6.29. The van der Waals surface area contributed by atoms with Gasteiger partial charge in [0, 0.05) is 0 Å². The lowest BCUT2D eigenvalue weighted by atomic mass is 9.89. The van der Waals surface area contributed by atoms with E-state index in [1.165, 1.54) is 38.6 Å². The monoisotopic (exact) mass is 320 g/mol. The Hall–Kier alpha value is -3.12. The van der Waals surface area contributed by atoms with E-state index >= 15 is 0 Å². The molecular weight excluding hydrogens is 300 g/mol. The fourth-order valence-corrected chi connectivity index (χ4v) is 3.38. The highest BCUT2D eigenvalue weighted by Crippen LogP contribution is 2.33. The minimum atomic E-state index is 1.25. The summed E-state index contributed by atoms with van der Waals surface area (Å²) >= 11 is 0. The highest BCUT2D eigenvalue weighted by atomic mass is 14.1. The van der Waals surface area contributed by atoms with E-state index in [1.54, 1.807) is 0 Å². The second-order valence-corrected chi connectivity index (χ2v) is 6.29. The van der Waals surface area contributed by atoms with Crippen molar-refractivity contribution in [1.29, 1.82) is 0 Å². The highest BCUT2D eigenvalue weighted by molar-refractivity contribution is 6.00. The van der Waals surface area contributed by atoms with Gasteiger partial charge in [-0.3, -0.25) is 0 Å². The van der Waals surface area contributed by atoms with Gasteiger partial charge >= 0.3 is 0 Å². The van der Waals surface area contributed by atoms with Crippen LogP contribution in [0, 0.1) is 0 Å². The molecule has 0 aliphatic rings.